The molecule has 6 heteroatoms. The molecule has 1 amide bonds. The highest BCUT2D eigenvalue weighted by molar-refractivity contribution is 7.91. The van der Waals surface area contributed by atoms with Crippen LogP contribution in [0.2, 0.25) is 0 Å². The van der Waals surface area contributed by atoms with Gasteiger partial charge in [-0.15, -0.1) is 0 Å². The maximum absolute atomic E-state index is 12.4. The van der Waals surface area contributed by atoms with E-state index in [0.29, 0.717) is 19.4 Å². The van der Waals surface area contributed by atoms with Crippen molar-refractivity contribution in [3.63, 3.8) is 0 Å². The standard InChI is InChI=1S/C14H21NO3S2/c1-2-7-15(13-6-9-20(17,18)11-13)14(16)4-3-12-5-8-19-10-12/h5,8,10,13H,2-4,6-7,9,11H2,1H3. The van der Waals surface area contributed by atoms with E-state index in [2.05, 4.69) is 5.38 Å². The van der Waals surface area contributed by atoms with Crippen LogP contribution in [0.3, 0.4) is 0 Å². The normalized spacial score (nSPS) is 20.9. The number of hydrogen-bond donors (Lipinski definition) is 0. The predicted octanol–water partition coefficient (Wildman–Crippen LogP) is 2.11. The van der Waals surface area contributed by atoms with Crippen LogP contribution in [-0.4, -0.2) is 43.3 Å². The van der Waals surface area contributed by atoms with Crippen LogP contribution in [0.1, 0.15) is 31.7 Å². The zero-order valence-corrected chi connectivity index (χ0v) is 13.4. The van der Waals surface area contributed by atoms with Crippen molar-refractivity contribution in [1.82, 2.24) is 4.90 Å². The van der Waals surface area contributed by atoms with Crippen molar-refractivity contribution >= 4 is 27.1 Å². The number of sulfone groups is 1. The fourth-order valence-electron chi connectivity index (χ4n) is 2.60. The lowest BCUT2D eigenvalue weighted by atomic mass is 10.1. The van der Waals surface area contributed by atoms with Gasteiger partial charge in [0, 0.05) is 19.0 Å². The van der Waals surface area contributed by atoms with Crippen LogP contribution in [0.15, 0.2) is 16.8 Å². The van der Waals surface area contributed by atoms with Gasteiger partial charge in [-0.1, -0.05) is 6.92 Å². The van der Waals surface area contributed by atoms with Gasteiger partial charge in [0.15, 0.2) is 9.84 Å². The smallest absolute Gasteiger partial charge is 0.223 e. The molecule has 20 heavy (non-hydrogen) atoms. The van der Waals surface area contributed by atoms with E-state index in [1.807, 2.05) is 18.4 Å². The van der Waals surface area contributed by atoms with E-state index < -0.39 is 9.84 Å². The van der Waals surface area contributed by atoms with Crippen LogP contribution in [0.4, 0.5) is 0 Å². The second kappa shape index (κ2) is 6.72. The number of aryl methyl sites for hydroxylation is 1. The molecule has 2 rings (SSSR count). The summed E-state index contributed by atoms with van der Waals surface area (Å²) in [6.07, 6.45) is 2.66. The molecule has 0 saturated carbocycles. The molecular weight excluding hydrogens is 294 g/mol. The zero-order chi connectivity index (χ0) is 14.6. The van der Waals surface area contributed by atoms with Crippen LogP contribution in [0.5, 0.6) is 0 Å². The minimum absolute atomic E-state index is 0.0835. The van der Waals surface area contributed by atoms with Crippen LogP contribution in [0.25, 0.3) is 0 Å². The third-order valence-corrected chi connectivity index (χ3v) is 6.12. The summed E-state index contributed by atoms with van der Waals surface area (Å²) in [5.41, 5.74) is 1.18. The van der Waals surface area contributed by atoms with Crippen LogP contribution >= 0.6 is 11.3 Å². The van der Waals surface area contributed by atoms with Gasteiger partial charge in [-0.25, -0.2) is 8.42 Å². The summed E-state index contributed by atoms with van der Waals surface area (Å²) < 4.78 is 23.2. The molecule has 1 aliphatic heterocycles. The Bertz CT molecular complexity index is 537. The third-order valence-electron chi connectivity index (χ3n) is 3.64. The summed E-state index contributed by atoms with van der Waals surface area (Å²) in [5.74, 6) is 0.438. The lowest BCUT2D eigenvalue weighted by Crippen LogP contribution is -2.41. The molecule has 1 saturated heterocycles. The molecule has 1 fully saturated rings. The quantitative estimate of drug-likeness (QED) is 0.808. The summed E-state index contributed by atoms with van der Waals surface area (Å²) >= 11 is 1.63. The Morgan fingerprint density at radius 3 is 2.85 bits per heavy atom. The number of thiophene rings is 1. The first kappa shape index (κ1) is 15.5. The SMILES string of the molecule is CCCN(C(=O)CCc1ccsc1)C1CCS(=O)(=O)C1. The number of hydrogen-bond acceptors (Lipinski definition) is 4. The predicted molar refractivity (Wildman–Crippen MR) is 81.7 cm³/mol. The van der Waals surface area contributed by atoms with Crippen molar-refractivity contribution in [2.24, 2.45) is 0 Å². The fourth-order valence-corrected chi connectivity index (χ4v) is 5.04. The molecule has 0 N–H and O–H groups in total. The Morgan fingerprint density at radius 2 is 2.30 bits per heavy atom. The van der Waals surface area contributed by atoms with Crippen molar-refractivity contribution < 1.29 is 13.2 Å². The van der Waals surface area contributed by atoms with Gasteiger partial charge < -0.3 is 4.90 Å². The number of amides is 1. The molecule has 4 nitrogen and oxygen atoms in total. The van der Waals surface area contributed by atoms with Gasteiger partial charge in [0.1, 0.15) is 0 Å². The first-order chi connectivity index (χ1) is 9.52. The summed E-state index contributed by atoms with van der Waals surface area (Å²) in [7, 11) is -2.94. The number of rotatable bonds is 6. The highest BCUT2D eigenvalue weighted by Gasteiger charge is 2.33. The van der Waals surface area contributed by atoms with Crippen molar-refractivity contribution in [2.75, 3.05) is 18.1 Å². The largest absolute Gasteiger partial charge is 0.339 e. The highest BCUT2D eigenvalue weighted by Crippen LogP contribution is 2.19. The molecule has 1 aromatic heterocycles. The minimum Gasteiger partial charge on any atom is -0.339 e. The average Bonchev–Trinajstić information content (AvgIpc) is 3.02. The minimum atomic E-state index is -2.94. The molecule has 1 unspecified atom stereocenters. The lowest BCUT2D eigenvalue weighted by molar-refractivity contribution is -0.133. The van der Waals surface area contributed by atoms with Crippen molar-refractivity contribution in [2.45, 2.75) is 38.6 Å². The van der Waals surface area contributed by atoms with Crippen molar-refractivity contribution in [3.05, 3.63) is 22.4 Å². The Labute approximate surface area is 124 Å². The Balaban J connectivity index is 1.95. The summed E-state index contributed by atoms with van der Waals surface area (Å²) in [5, 5.41) is 4.06. The Kier molecular flexibility index (Phi) is 5.21. The van der Waals surface area contributed by atoms with Crippen molar-refractivity contribution in [1.29, 1.82) is 0 Å². The second-order valence-electron chi connectivity index (χ2n) is 5.28. The van der Waals surface area contributed by atoms with Gasteiger partial charge in [-0.2, -0.15) is 11.3 Å². The number of carbonyl (C=O) groups is 1. The number of nitrogens with zero attached hydrogens (tertiary/aromatic N) is 1. The first-order valence-corrected chi connectivity index (χ1v) is 9.79. The summed E-state index contributed by atoms with van der Waals surface area (Å²) in [6, 6.07) is 1.91. The molecule has 1 atom stereocenters. The van der Waals surface area contributed by atoms with Gasteiger partial charge in [0.05, 0.1) is 11.5 Å². The van der Waals surface area contributed by atoms with Gasteiger partial charge in [-0.05, 0) is 41.7 Å². The lowest BCUT2D eigenvalue weighted by Gasteiger charge is -2.28. The van der Waals surface area contributed by atoms with E-state index in [0.717, 1.165) is 12.8 Å². The highest BCUT2D eigenvalue weighted by atomic mass is 32.2. The van der Waals surface area contributed by atoms with E-state index in [1.54, 1.807) is 16.2 Å². The molecule has 0 bridgehead atoms. The summed E-state index contributed by atoms with van der Waals surface area (Å²) in [4.78, 5) is 14.1. The van der Waals surface area contributed by atoms with E-state index in [4.69, 9.17) is 0 Å². The van der Waals surface area contributed by atoms with Crippen LogP contribution in [-0.2, 0) is 21.1 Å². The molecule has 1 aliphatic rings. The molecule has 0 aliphatic carbocycles. The Morgan fingerprint density at radius 1 is 1.50 bits per heavy atom. The van der Waals surface area contributed by atoms with E-state index in [1.165, 1.54) is 5.56 Å². The van der Waals surface area contributed by atoms with Gasteiger partial charge in [-0.3, -0.25) is 4.79 Å². The zero-order valence-electron chi connectivity index (χ0n) is 11.7. The molecule has 0 radical (unpaired) electrons. The molecule has 0 spiro atoms. The van der Waals surface area contributed by atoms with Crippen LogP contribution in [0, 0.1) is 0 Å². The third kappa shape index (κ3) is 4.06. The topological polar surface area (TPSA) is 54.5 Å². The fraction of sp³-hybridized carbons (Fsp3) is 0.643. The van der Waals surface area contributed by atoms with E-state index >= 15 is 0 Å². The average molecular weight is 315 g/mol. The molecule has 112 valence electrons. The van der Waals surface area contributed by atoms with Crippen molar-refractivity contribution in [3.8, 4) is 0 Å². The summed E-state index contributed by atoms with van der Waals surface area (Å²) in [6.45, 7) is 2.67. The molecule has 2 heterocycles. The monoisotopic (exact) mass is 315 g/mol. The first-order valence-electron chi connectivity index (χ1n) is 7.03. The van der Waals surface area contributed by atoms with Gasteiger partial charge in [0.2, 0.25) is 5.91 Å². The van der Waals surface area contributed by atoms with E-state index in [9.17, 15) is 13.2 Å². The van der Waals surface area contributed by atoms with Gasteiger partial charge in [0.25, 0.3) is 0 Å². The van der Waals surface area contributed by atoms with Crippen LogP contribution < -0.4 is 0 Å². The number of carbonyl (C=O) groups excluding carboxylic acids is 1. The molecule has 0 aromatic carbocycles. The maximum atomic E-state index is 12.4. The van der Waals surface area contributed by atoms with E-state index in [-0.39, 0.29) is 23.5 Å². The molecular formula is C14H21NO3S2. The second-order valence-corrected chi connectivity index (χ2v) is 8.28. The Hall–Kier alpha value is -0.880. The van der Waals surface area contributed by atoms with Gasteiger partial charge >= 0.3 is 0 Å². The molecule has 1 aromatic rings. The maximum Gasteiger partial charge on any atom is 0.223 e.